The molecule has 1 fully saturated rings. The highest BCUT2D eigenvalue weighted by atomic mass is 35.5. The quantitative estimate of drug-likeness (QED) is 0.415. The van der Waals surface area contributed by atoms with Crippen LogP contribution in [0.25, 0.3) is 0 Å². The van der Waals surface area contributed by atoms with Crippen LogP contribution < -0.4 is 5.32 Å². The fourth-order valence-corrected chi connectivity index (χ4v) is 4.71. The van der Waals surface area contributed by atoms with E-state index in [-0.39, 0.29) is 36.6 Å². The Kier molecular flexibility index (Phi) is 8.54. The molecule has 0 aliphatic heterocycles. The fourth-order valence-electron chi connectivity index (χ4n) is 4.59. The zero-order chi connectivity index (χ0) is 24.6. The van der Waals surface area contributed by atoms with Crippen molar-refractivity contribution in [2.45, 2.75) is 57.2 Å². The number of hydrogen-bond acceptors (Lipinski definition) is 2. The largest absolute Gasteiger partial charge is 0.352 e. The molecule has 3 aromatic rings. The van der Waals surface area contributed by atoms with E-state index in [4.69, 9.17) is 11.6 Å². The molecular weight excluding hydrogens is 463 g/mol. The van der Waals surface area contributed by atoms with Gasteiger partial charge in [-0.2, -0.15) is 0 Å². The lowest BCUT2D eigenvalue weighted by Crippen LogP contribution is -2.52. The summed E-state index contributed by atoms with van der Waals surface area (Å²) in [6.45, 7) is 0.271. The van der Waals surface area contributed by atoms with Crippen LogP contribution in [0.3, 0.4) is 0 Å². The molecule has 0 aromatic heterocycles. The first kappa shape index (κ1) is 24.9. The molecule has 1 aliphatic carbocycles. The molecule has 1 atom stereocenters. The van der Waals surface area contributed by atoms with E-state index < -0.39 is 6.04 Å². The normalized spacial score (nSPS) is 14.5. The molecule has 0 unspecified atom stereocenters. The van der Waals surface area contributed by atoms with Gasteiger partial charge in [-0.3, -0.25) is 9.59 Å². The van der Waals surface area contributed by atoms with Gasteiger partial charge in [-0.1, -0.05) is 79.0 Å². The minimum Gasteiger partial charge on any atom is -0.352 e. The maximum Gasteiger partial charge on any atom is 0.243 e. The number of benzene rings is 3. The molecule has 1 aliphatic rings. The van der Waals surface area contributed by atoms with Crippen LogP contribution >= 0.6 is 11.6 Å². The van der Waals surface area contributed by atoms with Gasteiger partial charge >= 0.3 is 0 Å². The molecule has 182 valence electrons. The van der Waals surface area contributed by atoms with Gasteiger partial charge in [0.1, 0.15) is 11.9 Å². The summed E-state index contributed by atoms with van der Waals surface area (Å²) >= 11 is 6.07. The summed E-state index contributed by atoms with van der Waals surface area (Å²) < 4.78 is 13.4. The van der Waals surface area contributed by atoms with Crippen molar-refractivity contribution < 1.29 is 14.0 Å². The maximum absolute atomic E-state index is 13.7. The predicted octanol–water partition coefficient (Wildman–Crippen LogP) is 5.72. The van der Waals surface area contributed by atoms with Gasteiger partial charge in [0, 0.05) is 24.0 Å². The van der Waals surface area contributed by atoms with Crippen molar-refractivity contribution in [1.29, 1.82) is 0 Å². The van der Waals surface area contributed by atoms with Crippen molar-refractivity contribution >= 4 is 23.4 Å². The second-order valence-electron chi connectivity index (χ2n) is 9.15. The third-order valence-corrected chi connectivity index (χ3v) is 6.76. The first-order chi connectivity index (χ1) is 17.0. The summed E-state index contributed by atoms with van der Waals surface area (Å²) in [5.74, 6) is -0.673. The minimum atomic E-state index is -0.679. The molecular formula is C29H30ClFN2O2. The number of nitrogens with zero attached hydrogens (tertiary/aromatic N) is 1. The Morgan fingerprint density at radius 1 is 0.886 bits per heavy atom. The summed E-state index contributed by atoms with van der Waals surface area (Å²) in [7, 11) is 0. The van der Waals surface area contributed by atoms with Crippen LogP contribution in [0.5, 0.6) is 0 Å². The zero-order valence-electron chi connectivity index (χ0n) is 19.6. The Morgan fingerprint density at radius 2 is 1.51 bits per heavy atom. The van der Waals surface area contributed by atoms with E-state index >= 15 is 0 Å². The molecule has 0 spiro atoms. The summed E-state index contributed by atoms with van der Waals surface area (Å²) in [5, 5.41) is 3.81. The second kappa shape index (κ2) is 12.0. The Hall–Kier alpha value is -3.18. The van der Waals surface area contributed by atoms with Crippen LogP contribution in [-0.2, 0) is 29.0 Å². The average Bonchev–Trinajstić information content (AvgIpc) is 3.37. The summed E-state index contributed by atoms with van der Waals surface area (Å²) in [6, 6.07) is 22.4. The first-order valence-electron chi connectivity index (χ1n) is 12.1. The summed E-state index contributed by atoms with van der Waals surface area (Å²) in [6.07, 6.45) is 4.62. The Balaban J connectivity index is 1.64. The van der Waals surface area contributed by atoms with Gasteiger partial charge in [0.15, 0.2) is 0 Å². The fraction of sp³-hybridized carbons (Fsp3) is 0.310. The van der Waals surface area contributed by atoms with E-state index in [1.165, 1.54) is 12.1 Å². The monoisotopic (exact) mass is 492 g/mol. The van der Waals surface area contributed by atoms with Gasteiger partial charge in [0.25, 0.3) is 0 Å². The molecule has 0 saturated heterocycles. The van der Waals surface area contributed by atoms with Gasteiger partial charge in [-0.05, 0) is 53.8 Å². The number of carbonyl (C=O) groups is 2. The van der Waals surface area contributed by atoms with E-state index in [1.54, 1.807) is 29.2 Å². The summed E-state index contributed by atoms with van der Waals surface area (Å²) in [4.78, 5) is 28.9. The molecule has 0 heterocycles. The maximum atomic E-state index is 13.7. The minimum absolute atomic E-state index is 0.0792. The smallest absolute Gasteiger partial charge is 0.243 e. The van der Waals surface area contributed by atoms with Crippen LogP contribution in [0.4, 0.5) is 4.39 Å². The van der Waals surface area contributed by atoms with Crippen molar-refractivity contribution in [3.05, 3.63) is 106 Å². The number of hydrogen-bond donors (Lipinski definition) is 1. The van der Waals surface area contributed by atoms with Crippen LogP contribution in [0, 0.1) is 5.82 Å². The topological polar surface area (TPSA) is 49.4 Å². The van der Waals surface area contributed by atoms with Gasteiger partial charge in [-0.25, -0.2) is 4.39 Å². The number of nitrogens with one attached hydrogen (secondary N) is 1. The van der Waals surface area contributed by atoms with E-state index in [0.29, 0.717) is 17.0 Å². The van der Waals surface area contributed by atoms with Crippen molar-refractivity contribution in [1.82, 2.24) is 10.2 Å². The lowest BCUT2D eigenvalue weighted by atomic mass is 10.0. The van der Waals surface area contributed by atoms with Gasteiger partial charge in [0.2, 0.25) is 11.8 Å². The second-order valence-corrected chi connectivity index (χ2v) is 9.58. The van der Waals surface area contributed by atoms with Crippen molar-refractivity contribution in [2.24, 2.45) is 0 Å². The molecule has 1 saturated carbocycles. The highest BCUT2D eigenvalue weighted by molar-refractivity contribution is 6.30. The van der Waals surface area contributed by atoms with Crippen molar-refractivity contribution in [3.8, 4) is 0 Å². The van der Waals surface area contributed by atoms with Crippen LogP contribution in [-0.4, -0.2) is 28.8 Å². The summed E-state index contributed by atoms with van der Waals surface area (Å²) in [5.41, 5.74) is 2.57. The molecule has 4 nitrogen and oxygen atoms in total. The van der Waals surface area contributed by atoms with Gasteiger partial charge in [-0.15, -0.1) is 0 Å². The lowest BCUT2D eigenvalue weighted by Gasteiger charge is -2.32. The third-order valence-electron chi connectivity index (χ3n) is 6.51. The van der Waals surface area contributed by atoms with E-state index in [0.717, 1.165) is 36.8 Å². The van der Waals surface area contributed by atoms with Crippen LogP contribution in [0.15, 0.2) is 78.9 Å². The molecule has 4 rings (SSSR count). The van der Waals surface area contributed by atoms with Crippen LogP contribution in [0.2, 0.25) is 5.02 Å². The lowest BCUT2D eigenvalue weighted by molar-refractivity contribution is -0.141. The standard InChI is InChI=1S/C29H30ClFN2O2/c30-24-14-10-23(11-15-24)20-33(28(34)19-22-12-16-25(31)17-13-22)27(18-21-6-2-1-3-7-21)29(35)32-26-8-4-5-9-26/h1-3,6-7,10-17,26-27H,4-5,8-9,18-20H2,(H,32,35)/t27-/m0/s1. The zero-order valence-corrected chi connectivity index (χ0v) is 20.4. The molecule has 0 bridgehead atoms. The Morgan fingerprint density at radius 3 is 2.17 bits per heavy atom. The van der Waals surface area contributed by atoms with Gasteiger partial charge < -0.3 is 10.2 Å². The molecule has 1 N–H and O–H groups in total. The Bertz CT molecular complexity index is 1110. The predicted molar refractivity (Wildman–Crippen MR) is 136 cm³/mol. The van der Waals surface area contributed by atoms with Gasteiger partial charge in [0.05, 0.1) is 6.42 Å². The highest BCUT2D eigenvalue weighted by Gasteiger charge is 2.32. The van der Waals surface area contributed by atoms with E-state index in [2.05, 4.69) is 5.32 Å². The number of carbonyl (C=O) groups excluding carboxylic acids is 2. The van der Waals surface area contributed by atoms with Crippen LogP contribution in [0.1, 0.15) is 42.4 Å². The molecule has 2 amide bonds. The molecule has 35 heavy (non-hydrogen) atoms. The number of halogens is 2. The van der Waals surface area contributed by atoms with E-state index in [9.17, 15) is 14.0 Å². The van der Waals surface area contributed by atoms with Crippen molar-refractivity contribution in [2.75, 3.05) is 0 Å². The molecule has 6 heteroatoms. The molecule has 0 radical (unpaired) electrons. The molecule has 3 aromatic carbocycles. The average molecular weight is 493 g/mol. The third kappa shape index (κ3) is 7.15. The Labute approximate surface area is 211 Å². The SMILES string of the molecule is O=C(NC1CCCC1)[C@H](Cc1ccccc1)N(Cc1ccc(Cl)cc1)C(=O)Cc1ccc(F)cc1. The van der Waals surface area contributed by atoms with E-state index in [1.807, 2.05) is 42.5 Å². The highest BCUT2D eigenvalue weighted by Crippen LogP contribution is 2.21. The number of amides is 2. The van der Waals surface area contributed by atoms with Crippen molar-refractivity contribution in [3.63, 3.8) is 0 Å². The number of rotatable bonds is 9. The first-order valence-corrected chi connectivity index (χ1v) is 12.5.